The number of benzene rings is 1. The number of carboxylic acids is 1. The van der Waals surface area contributed by atoms with Gasteiger partial charge in [-0.25, -0.2) is 0 Å². The number of carbonyl (C=O) groups is 1. The summed E-state index contributed by atoms with van der Waals surface area (Å²) < 4.78 is 0. The molecule has 1 aromatic rings. The first-order valence-corrected chi connectivity index (χ1v) is 6.13. The fourth-order valence-electron chi connectivity index (χ4n) is 2.43. The predicted octanol–water partition coefficient (Wildman–Crippen LogP) is 2.60. The van der Waals surface area contributed by atoms with E-state index in [1.807, 2.05) is 0 Å². The lowest BCUT2D eigenvalue weighted by molar-refractivity contribution is -0.142. The molecule has 3 heteroatoms. The number of piperidine rings is 1. The molecular formula is C14H19NO2. The van der Waals surface area contributed by atoms with Crippen LogP contribution in [-0.2, 0) is 4.79 Å². The van der Waals surface area contributed by atoms with E-state index >= 15 is 0 Å². The molecule has 0 unspecified atom stereocenters. The van der Waals surface area contributed by atoms with Gasteiger partial charge in [-0.1, -0.05) is 12.1 Å². The van der Waals surface area contributed by atoms with E-state index in [0.29, 0.717) is 0 Å². The van der Waals surface area contributed by atoms with Gasteiger partial charge >= 0.3 is 5.97 Å². The molecule has 1 saturated heterocycles. The van der Waals surface area contributed by atoms with Gasteiger partial charge < -0.3 is 10.0 Å². The molecule has 17 heavy (non-hydrogen) atoms. The van der Waals surface area contributed by atoms with Gasteiger partial charge in [-0.2, -0.15) is 0 Å². The van der Waals surface area contributed by atoms with E-state index in [1.54, 1.807) is 0 Å². The SMILES string of the molecule is Cc1ccc(C)c(N2CCC(C(=O)O)CC2)c1. The van der Waals surface area contributed by atoms with Gasteiger partial charge in [0, 0.05) is 18.8 Å². The maximum Gasteiger partial charge on any atom is 0.306 e. The lowest BCUT2D eigenvalue weighted by Crippen LogP contribution is -2.36. The van der Waals surface area contributed by atoms with Crippen LogP contribution in [0.3, 0.4) is 0 Å². The Morgan fingerprint density at radius 2 is 1.94 bits per heavy atom. The van der Waals surface area contributed by atoms with Crippen molar-refractivity contribution >= 4 is 11.7 Å². The summed E-state index contributed by atoms with van der Waals surface area (Å²) in [6, 6.07) is 6.44. The first-order valence-electron chi connectivity index (χ1n) is 6.13. The predicted molar refractivity (Wildman–Crippen MR) is 68.5 cm³/mol. The highest BCUT2D eigenvalue weighted by Crippen LogP contribution is 2.27. The normalized spacial score (nSPS) is 17.2. The van der Waals surface area contributed by atoms with Gasteiger partial charge in [0.05, 0.1) is 5.92 Å². The molecule has 1 fully saturated rings. The molecule has 0 aliphatic carbocycles. The number of aliphatic carboxylic acids is 1. The van der Waals surface area contributed by atoms with E-state index in [1.165, 1.54) is 16.8 Å². The van der Waals surface area contributed by atoms with Crippen LogP contribution in [0.2, 0.25) is 0 Å². The lowest BCUT2D eigenvalue weighted by Gasteiger charge is -2.33. The third-order valence-electron chi connectivity index (χ3n) is 3.55. The monoisotopic (exact) mass is 233 g/mol. The maximum atomic E-state index is 10.9. The Morgan fingerprint density at radius 3 is 2.53 bits per heavy atom. The molecule has 0 bridgehead atoms. The smallest absolute Gasteiger partial charge is 0.306 e. The van der Waals surface area contributed by atoms with E-state index < -0.39 is 5.97 Å². The third-order valence-corrected chi connectivity index (χ3v) is 3.55. The van der Waals surface area contributed by atoms with Crippen LogP contribution in [0, 0.1) is 19.8 Å². The quantitative estimate of drug-likeness (QED) is 0.853. The van der Waals surface area contributed by atoms with Gasteiger partial charge in [0.15, 0.2) is 0 Å². The highest BCUT2D eigenvalue weighted by Gasteiger charge is 2.25. The molecule has 0 amide bonds. The van der Waals surface area contributed by atoms with Crippen LogP contribution in [0.25, 0.3) is 0 Å². The molecule has 1 N–H and O–H groups in total. The number of nitrogens with zero attached hydrogens (tertiary/aromatic N) is 1. The lowest BCUT2D eigenvalue weighted by atomic mass is 9.96. The van der Waals surface area contributed by atoms with Gasteiger partial charge in [-0.05, 0) is 43.9 Å². The van der Waals surface area contributed by atoms with Gasteiger partial charge in [-0.3, -0.25) is 4.79 Å². The van der Waals surface area contributed by atoms with Crippen LogP contribution < -0.4 is 4.90 Å². The Balaban J connectivity index is 2.10. The van der Waals surface area contributed by atoms with Crippen LogP contribution in [-0.4, -0.2) is 24.2 Å². The van der Waals surface area contributed by atoms with Crippen molar-refractivity contribution in [1.82, 2.24) is 0 Å². The molecule has 1 aromatic carbocycles. The zero-order valence-electron chi connectivity index (χ0n) is 10.4. The minimum Gasteiger partial charge on any atom is -0.481 e. The number of anilines is 1. The summed E-state index contributed by atoms with van der Waals surface area (Å²) in [5, 5.41) is 8.98. The summed E-state index contributed by atoms with van der Waals surface area (Å²) in [7, 11) is 0. The molecule has 0 saturated carbocycles. The second-order valence-electron chi connectivity index (χ2n) is 4.89. The molecule has 0 aromatic heterocycles. The standard InChI is InChI=1S/C14H19NO2/c1-10-3-4-11(2)13(9-10)15-7-5-12(6-8-15)14(16)17/h3-4,9,12H,5-8H2,1-2H3,(H,16,17). The molecule has 92 valence electrons. The molecule has 1 heterocycles. The topological polar surface area (TPSA) is 40.5 Å². The number of aryl methyl sites for hydroxylation is 2. The number of hydrogen-bond acceptors (Lipinski definition) is 2. The molecule has 0 radical (unpaired) electrons. The molecule has 1 aliphatic rings. The third kappa shape index (κ3) is 2.60. The van der Waals surface area contributed by atoms with Crippen LogP contribution in [0.15, 0.2) is 18.2 Å². The minimum atomic E-state index is -0.648. The molecule has 2 rings (SSSR count). The first-order chi connectivity index (χ1) is 8.08. The number of carboxylic acid groups (broad SMARTS) is 1. The zero-order valence-corrected chi connectivity index (χ0v) is 10.4. The van der Waals surface area contributed by atoms with Crippen LogP contribution >= 0.6 is 0 Å². The van der Waals surface area contributed by atoms with E-state index in [4.69, 9.17) is 5.11 Å². The van der Waals surface area contributed by atoms with E-state index in [2.05, 4.69) is 36.9 Å². The van der Waals surface area contributed by atoms with Crippen LogP contribution in [0.5, 0.6) is 0 Å². The summed E-state index contributed by atoms with van der Waals surface area (Å²) >= 11 is 0. The zero-order chi connectivity index (χ0) is 12.4. The van der Waals surface area contributed by atoms with Crippen molar-refractivity contribution < 1.29 is 9.90 Å². The molecular weight excluding hydrogens is 214 g/mol. The van der Waals surface area contributed by atoms with Gasteiger partial charge in [0.25, 0.3) is 0 Å². The second-order valence-corrected chi connectivity index (χ2v) is 4.89. The molecule has 0 spiro atoms. The Labute approximate surface area is 102 Å². The average Bonchev–Trinajstić information content (AvgIpc) is 2.32. The maximum absolute atomic E-state index is 10.9. The van der Waals surface area contributed by atoms with Gasteiger partial charge in [0.1, 0.15) is 0 Å². The Kier molecular flexibility index (Phi) is 3.36. The van der Waals surface area contributed by atoms with Crippen molar-refractivity contribution in [3.63, 3.8) is 0 Å². The Hall–Kier alpha value is -1.51. The largest absolute Gasteiger partial charge is 0.481 e. The number of rotatable bonds is 2. The fourth-order valence-corrected chi connectivity index (χ4v) is 2.43. The molecule has 1 aliphatic heterocycles. The highest BCUT2D eigenvalue weighted by atomic mass is 16.4. The average molecular weight is 233 g/mol. The van der Waals surface area contributed by atoms with E-state index in [9.17, 15) is 4.79 Å². The Bertz CT molecular complexity index is 420. The van der Waals surface area contributed by atoms with E-state index in [0.717, 1.165) is 25.9 Å². The van der Waals surface area contributed by atoms with Crippen LogP contribution in [0.1, 0.15) is 24.0 Å². The summed E-state index contributed by atoms with van der Waals surface area (Å²) in [5.41, 5.74) is 3.78. The summed E-state index contributed by atoms with van der Waals surface area (Å²) in [6.07, 6.45) is 1.51. The minimum absolute atomic E-state index is 0.156. The number of hydrogen-bond donors (Lipinski definition) is 1. The summed E-state index contributed by atoms with van der Waals surface area (Å²) in [6.45, 7) is 5.90. The van der Waals surface area contributed by atoms with Crippen molar-refractivity contribution in [2.24, 2.45) is 5.92 Å². The summed E-state index contributed by atoms with van der Waals surface area (Å²) in [4.78, 5) is 13.2. The Morgan fingerprint density at radius 1 is 1.29 bits per heavy atom. The van der Waals surface area contributed by atoms with Crippen molar-refractivity contribution in [1.29, 1.82) is 0 Å². The van der Waals surface area contributed by atoms with Crippen LogP contribution in [0.4, 0.5) is 5.69 Å². The van der Waals surface area contributed by atoms with Crippen molar-refractivity contribution in [3.05, 3.63) is 29.3 Å². The van der Waals surface area contributed by atoms with E-state index in [-0.39, 0.29) is 5.92 Å². The van der Waals surface area contributed by atoms with Gasteiger partial charge in [-0.15, -0.1) is 0 Å². The second kappa shape index (κ2) is 4.78. The first kappa shape index (κ1) is 12.0. The molecule has 0 atom stereocenters. The van der Waals surface area contributed by atoms with Crippen molar-refractivity contribution in [2.75, 3.05) is 18.0 Å². The summed E-state index contributed by atoms with van der Waals surface area (Å²) in [5.74, 6) is -0.804. The highest BCUT2D eigenvalue weighted by molar-refractivity contribution is 5.70. The van der Waals surface area contributed by atoms with Crippen molar-refractivity contribution in [3.8, 4) is 0 Å². The molecule has 3 nitrogen and oxygen atoms in total. The van der Waals surface area contributed by atoms with Crippen molar-refractivity contribution in [2.45, 2.75) is 26.7 Å². The van der Waals surface area contributed by atoms with Gasteiger partial charge in [0.2, 0.25) is 0 Å². The fraction of sp³-hybridized carbons (Fsp3) is 0.500.